The lowest BCUT2D eigenvalue weighted by atomic mass is 10.0. The van der Waals surface area contributed by atoms with Crippen LogP contribution >= 0.6 is 11.6 Å². The van der Waals surface area contributed by atoms with Crippen molar-refractivity contribution in [1.29, 1.82) is 0 Å². The number of aliphatic hydroxyl groups is 1. The molecule has 3 aromatic rings. The molecule has 0 unspecified atom stereocenters. The number of hydrogen-bond acceptors (Lipinski definition) is 5. The number of aromatic nitrogens is 1. The molecule has 0 fully saturated rings. The Kier molecular flexibility index (Phi) is 5.89. The SMILES string of the molecule is NC[C@@H](O)c1cc(C(N)=O)nc(-c2ccc(Oc3ccc(Cl)cc3F)cc2)c1. The van der Waals surface area contributed by atoms with Crippen molar-refractivity contribution < 1.29 is 19.0 Å². The van der Waals surface area contributed by atoms with Gasteiger partial charge in [-0.3, -0.25) is 4.79 Å². The highest BCUT2D eigenvalue weighted by atomic mass is 35.5. The van der Waals surface area contributed by atoms with Crippen LogP contribution < -0.4 is 16.2 Å². The van der Waals surface area contributed by atoms with Gasteiger partial charge in [0.05, 0.1) is 11.8 Å². The van der Waals surface area contributed by atoms with Gasteiger partial charge in [0.2, 0.25) is 0 Å². The Labute approximate surface area is 165 Å². The first-order valence-electron chi connectivity index (χ1n) is 8.30. The van der Waals surface area contributed by atoms with Gasteiger partial charge in [-0.2, -0.15) is 0 Å². The van der Waals surface area contributed by atoms with E-state index in [0.717, 1.165) is 6.07 Å². The number of rotatable bonds is 6. The Balaban J connectivity index is 1.90. The van der Waals surface area contributed by atoms with Crippen molar-refractivity contribution in [2.75, 3.05) is 6.54 Å². The van der Waals surface area contributed by atoms with Crippen molar-refractivity contribution in [1.82, 2.24) is 4.98 Å². The fraction of sp³-hybridized carbons (Fsp3) is 0.100. The summed E-state index contributed by atoms with van der Waals surface area (Å²) in [6.45, 7) is -0.0128. The number of amides is 1. The highest BCUT2D eigenvalue weighted by Crippen LogP contribution is 2.29. The van der Waals surface area contributed by atoms with Crippen molar-refractivity contribution in [2.45, 2.75) is 6.10 Å². The lowest BCUT2D eigenvalue weighted by Crippen LogP contribution is -2.17. The van der Waals surface area contributed by atoms with Crippen LogP contribution in [0.2, 0.25) is 5.02 Å². The van der Waals surface area contributed by atoms with Gasteiger partial charge in [-0.1, -0.05) is 11.6 Å². The first kappa shape index (κ1) is 19.8. The van der Waals surface area contributed by atoms with E-state index in [1.807, 2.05) is 0 Å². The molecule has 0 aliphatic rings. The molecule has 8 heteroatoms. The molecular weight excluding hydrogens is 385 g/mol. The molecule has 0 spiro atoms. The lowest BCUT2D eigenvalue weighted by molar-refractivity contribution is 0.0995. The molecule has 28 heavy (non-hydrogen) atoms. The van der Waals surface area contributed by atoms with Crippen LogP contribution in [0.3, 0.4) is 0 Å². The summed E-state index contributed by atoms with van der Waals surface area (Å²) < 4.78 is 19.4. The van der Waals surface area contributed by atoms with E-state index in [9.17, 15) is 14.3 Å². The van der Waals surface area contributed by atoms with E-state index in [-0.39, 0.29) is 23.0 Å². The number of aliphatic hydroxyl groups excluding tert-OH is 1. The molecule has 144 valence electrons. The molecule has 1 heterocycles. The van der Waals surface area contributed by atoms with E-state index in [1.165, 1.54) is 18.2 Å². The maximum atomic E-state index is 13.9. The van der Waals surface area contributed by atoms with Crippen molar-refractivity contribution in [3.8, 4) is 22.8 Å². The molecule has 6 nitrogen and oxygen atoms in total. The minimum atomic E-state index is -0.949. The number of halogens is 2. The molecule has 1 amide bonds. The van der Waals surface area contributed by atoms with Crippen LogP contribution in [0.5, 0.6) is 11.5 Å². The van der Waals surface area contributed by atoms with E-state index in [4.69, 9.17) is 27.8 Å². The maximum absolute atomic E-state index is 13.9. The number of ether oxygens (including phenoxy) is 1. The second kappa shape index (κ2) is 8.35. The minimum absolute atomic E-state index is 0.0128. The van der Waals surface area contributed by atoms with Gasteiger partial charge >= 0.3 is 0 Å². The fourth-order valence-electron chi connectivity index (χ4n) is 2.53. The third kappa shape index (κ3) is 4.45. The van der Waals surface area contributed by atoms with E-state index in [1.54, 1.807) is 30.3 Å². The number of nitrogens with two attached hydrogens (primary N) is 2. The van der Waals surface area contributed by atoms with Crippen LogP contribution in [0, 0.1) is 5.82 Å². The predicted octanol–water partition coefficient (Wildman–Crippen LogP) is 3.42. The molecule has 1 atom stereocenters. The Morgan fingerprint density at radius 2 is 1.89 bits per heavy atom. The third-order valence-electron chi connectivity index (χ3n) is 3.98. The maximum Gasteiger partial charge on any atom is 0.267 e. The van der Waals surface area contributed by atoms with Crippen LogP contribution in [0.15, 0.2) is 54.6 Å². The Morgan fingerprint density at radius 3 is 2.50 bits per heavy atom. The summed E-state index contributed by atoms with van der Waals surface area (Å²) >= 11 is 5.73. The number of primary amides is 1. The molecule has 2 aromatic carbocycles. The van der Waals surface area contributed by atoms with Crippen LogP contribution in [0.4, 0.5) is 4.39 Å². The van der Waals surface area contributed by atoms with Gasteiger partial charge in [0.1, 0.15) is 11.4 Å². The van der Waals surface area contributed by atoms with E-state index >= 15 is 0 Å². The zero-order chi connectivity index (χ0) is 20.3. The zero-order valence-electron chi connectivity index (χ0n) is 14.6. The van der Waals surface area contributed by atoms with Gasteiger partial charge < -0.3 is 21.3 Å². The van der Waals surface area contributed by atoms with Gasteiger partial charge in [-0.25, -0.2) is 9.37 Å². The summed E-state index contributed by atoms with van der Waals surface area (Å²) in [6, 6.07) is 13.8. The normalized spacial score (nSPS) is 11.9. The topological polar surface area (TPSA) is 111 Å². The average molecular weight is 402 g/mol. The van der Waals surface area contributed by atoms with Crippen molar-refractivity contribution in [3.05, 3.63) is 76.7 Å². The van der Waals surface area contributed by atoms with Gasteiger partial charge in [0, 0.05) is 17.1 Å². The molecule has 3 rings (SSSR count). The Bertz CT molecular complexity index is 1010. The number of hydrogen-bond donors (Lipinski definition) is 3. The zero-order valence-corrected chi connectivity index (χ0v) is 15.4. The Hall–Kier alpha value is -3.00. The van der Waals surface area contributed by atoms with Crippen molar-refractivity contribution >= 4 is 17.5 Å². The number of carbonyl (C=O) groups excluding carboxylic acids is 1. The van der Waals surface area contributed by atoms with Gasteiger partial charge in [0.25, 0.3) is 5.91 Å². The first-order chi connectivity index (χ1) is 13.4. The lowest BCUT2D eigenvalue weighted by Gasteiger charge is -2.12. The quantitative estimate of drug-likeness (QED) is 0.586. The standard InChI is InChI=1S/C20H17ClFN3O3/c21-13-3-6-19(15(22)9-13)28-14-4-1-11(2-5-14)16-7-12(18(26)10-23)8-17(25-16)20(24)27/h1-9,18,26H,10,23H2,(H2,24,27)/t18-/m1/s1. The number of nitrogens with zero attached hydrogens (tertiary/aromatic N) is 1. The molecular formula is C20H17ClFN3O3. The molecule has 0 saturated heterocycles. The highest BCUT2D eigenvalue weighted by Gasteiger charge is 2.14. The summed E-state index contributed by atoms with van der Waals surface area (Å²) in [5, 5.41) is 10.3. The van der Waals surface area contributed by atoms with Crippen LogP contribution in [-0.4, -0.2) is 22.5 Å². The van der Waals surface area contributed by atoms with Gasteiger partial charge in [-0.05, 0) is 60.2 Å². The first-order valence-corrected chi connectivity index (χ1v) is 8.68. The second-order valence-electron chi connectivity index (χ2n) is 5.99. The molecule has 1 aromatic heterocycles. The van der Waals surface area contributed by atoms with Crippen molar-refractivity contribution in [2.24, 2.45) is 11.5 Å². The molecule has 5 N–H and O–H groups in total. The summed E-state index contributed by atoms with van der Waals surface area (Å²) in [6.07, 6.45) is -0.949. The Morgan fingerprint density at radius 1 is 1.18 bits per heavy atom. The van der Waals surface area contributed by atoms with E-state index in [2.05, 4.69) is 4.98 Å². The third-order valence-corrected chi connectivity index (χ3v) is 4.22. The number of benzene rings is 2. The molecule has 0 aliphatic carbocycles. The average Bonchev–Trinajstić information content (AvgIpc) is 2.69. The minimum Gasteiger partial charge on any atom is -0.454 e. The number of carbonyl (C=O) groups is 1. The molecule has 0 radical (unpaired) electrons. The van der Waals surface area contributed by atoms with Crippen LogP contribution in [0.1, 0.15) is 22.2 Å². The second-order valence-corrected chi connectivity index (χ2v) is 6.42. The number of pyridine rings is 1. The van der Waals surface area contributed by atoms with E-state index < -0.39 is 17.8 Å². The summed E-state index contributed by atoms with van der Waals surface area (Å²) in [5.74, 6) is -0.851. The molecule has 0 saturated carbocycles. The van der Waals surface area contributed by atoms with Gasteiger partial charge in [-0.15, -0.1) is 0 Å². The summed E-state index contributed by atoms with van der Waals surface area (Å²) in [5.41, 5.74) is 12.4. The van der Waals surface area contributed by atoms with E-state index in [0.29, 0.717) is 22.6 Å². The fourth-order valence-corrected chi connectivity index (χ4v) is 2.69. The summed E-state index contributed by atoms with van der Waals surface area (Å²) in [4.78, 5) is 15.8. The predicted molar refractivity (Wildman–Crippen MR) is 104 cm³/mol. The summed E-state index contributed by atoms with van der Waals surface area (Å²) in [7, 11) is 0. The van der Waals surface area contributed by atoms with Crippen molar-refractivity contribution in [3.63, 3.8) is 0 Å². The largest absolute Gasteiger partial charge is 0.454 e. The monoisotopic (exact) mass is 401 g/mol. The van der Waals surface area contributed by atoms with Crippen LogP contribution in [0.25, 0.3) is 11.3 Å². The highest BCUT2D eigenvalue weighted by molar-refractivity contribution is 6.30. The van der Waals surface area contributed by atoms with Gasteiger partial charge in [0.15, 0.2) is 11.6 Å². The smallest absolute Gasteiger partial charge is 0.267 e. The van der Waals surface area contributed by atoms with Crippen LogP contribution in [-0.2, 0) is 0 Å². The molecule has 0 aliphatic heterocycles. The molecule has 0 bridgehead atoms.